The molecule has 0 amide bonds. The van der Waals surface area contributed by atoms with E-state index in [9.17, 15) is 0 Å². The van der Waals surface area contributed by atoms with Gasteiger partial charge in [-0.2, -0.15) is 0 Å². The van der Waals surface area contributed by atoms with Gasteiger partial charge < -0.3 is 20.3 Å². The molecule has 3 N–H and O–H groups in total. The van der Waals surface area contributed by atoms with Gasteiger partial charge in [0, 0.05) is 19.6 Å². The zero-order chi connectivity index (χ0) is 9.23. The molecule has 0 spiro atoms. The van der Waals surface area contributed by atoms with Crippen LogP contribution in [0.15, 0.2) is 0 Å². The molecular formula is C8H19NO3. The summed E-state index contributed by atoms with van der Waals surface area (Å²) < 4.78 is 10.1. The van der Waals surface area contributed by atoms with Crippen LogP contribution in [0.2, 0.25) is 0 Å². The molecular weight excluding hydrogens is 158 g/mol. The topological polar surface area (TPSA) is 64.7 Å². The third-order valence-corrected chi connectivity index (χ3v) is 1.29. The largest absolute Gasteiger partial charge is 0.380 e. The van der Waals surface area contributed by atoms with E-state index >= 15 is 0 Å². The minimum absolute atomic E-state index is 0.502. The number of ether oxygens (including phenoxy) is 2. The second kappa shape index (κ2) is 8.93. The van der Waals surface area contributed by atoms with Gasteiger partial charge in [0.15, 0.2) is 6.29 Å². The fourth-order valence-electron chi connectivity index (χ4n) is 0.707. The van der Waals surface area contributed by atoms with Crippen molar-refractivity contribution in [1.29, 1.82) is 0 Å². The highest BCUT2D eigenvalue weighted by Crippen LogP contribution is 1.95. The lowest BCUT2D eigenvalue weighted by atomic mass is 10.4. The first-order valence-electron chi connectivity index (χ1n) is 4.38. The van der Waals surface area contributed by atoms with Crippen molar-refractivity contribution in [1.82, 2.24) is 0 Å². The Morgan fingerprint density at radius 1 is 1.33 bits per heavy atom. The summed E-state index contributed by atoms with van der Waals surface area (Å²) in [4.78, 5) is 0. The molecule has 1 unspecified atom stereocenters. The van der Waals surface area contributed by atoms with Gasteiger partial charge in [0.1, 0.15) is 0 Å². The van der Waals surface area contributed by atoms with Gasteiger partial charge in [0.25, 0.3) is 0 Å². The summed E-state index contributed by atoms with van der Waals surface area (Å²) in [5, 5.41) is 9.15. The van der Waals surface area contributed by atoms with E-state index in [1.165, 1.54) is 0 Å². The molecule has 0 radical (unpaired) electrons. The molecule has 0 saturated heterocycles. The third-order valence-electron chi connectivity index (χ3n) is 1.29. The first-order valence-corrected chi connectivity index (χ1v) is 4.38. The normalized spacial score (nSPS) is 13.2. The van der Waals surface area contributed by atoms with Crippen LogP contribution < -0.4 is 5.73 Å². The Kier molecular flexibility index (Phi) is 8.81. The number of rotatable bonds is 8. The van der Waals surface area contributed by atoms with Crippen LogP contribution in [0, 0.1) is 0 Å². The van der Waals surface area contributed by atoms with Gasteiger partial charge in [0.2, 0.25) is 0 Å². The summed E-state index contributed by atoms with van der Waals surface area (Å²) in [7, 11) is 0. The summed E-state index contributed by atoms with van der Waals surface area (Å²) >= 11 is 0. The van der Waals surface area contributed by atoms with Crippen molar-refractivity contribution in [3.63, 3.8) is 0 Å². The summed E-state index contributed by atoms with van der Waals surface area (Å²) in [5.74, 6) is 0. The average molecular weight is 177 g/mol. The Bertz CT molecular complexity index is 90.4. The highest BCUT2D eigenvalue weighted by Gasteiger charge is 2.01. The van der Waals surface area contributed by atoms with E-state index in [4.69, 9.17) is 20.3 Å². The maximum atomic E-state index is 9.15. The van der Waals surface area contributed by atoms with Crippen LogP contribution in [0.3, 0.4) is 0 Å². The molecule has 0 saturated carbocycles. The van der Waals surface area contributed by atoms with Gasteiger partial charge in [-0.25, -0.2) is 0 Å². The van der Waals surface area contributed by atoms with Gasteiger partial charge in [-0.3, -0.25) is 0 Å². The minimum Gasteiger partial charge on any atom is -0.380 e. The van der Waals surface area contributed by atoms with Crippen LogP contribution in [0.5, 0.6) is 0 Å². The van der Waals surface area contributed by atoms with E-state index in [2.05, 4.69) is 0 Å². The maximum Gasteiger partial charge on any atom is 0.156 e. The fourth-order valence-corrected chi connectivity index (χ4v) is 0.707. The van der Waals surface area contributed by atoms with E-state index in [0.717, 1.165) is 6.42 Å². The molecule has 0 aromatic heterocycles. The maximum absolute atomic E-state index is 9.15. The lowest BCUT2D eigenvalue weighted by molar-refractivity contribution is -0.112. The molecule has 4 heteroatoms. The van der Waals surface area contributed by atoms with Crippen LogP contribution in [0.4, 0.5) is 0 Å². The molecule has 0 aliphatic heterocycles. The van der Waals surface area contributed by atoms with Gasteiger partial charge in [0.05, 0.1) is 13.2 Å². The van der Waals surface area contributed by atoms with Crippen LogP contribution >= 0.6 is 0 Å². The summed E-state index contributed by atoms with van der Waals surface area (Å²) in [6.07, 6.45) is 0.739. The van der Waals surface area contributed by atoms with E-state index in [1.54, 1.807) is 0 Å². The molecule has 0 aromatic rings. The summed E-state index contributed by atoms with van der Waals surface area (Å²) in [6.45, 7) is 4.16. The van der Waals surface area contributed by atoms with Gasteiger partial charge in [-0.05, 0) is 6.42 Å². The number of aliphatic hydroxyl groups is 1. The summed E-state index contributed by atoms with van der Waals surface area (Å²) in [5.41, 5.74) is 5.21. The predicted molar refractivity (Wildman–Crippen MR) is 46.7 cm³/mol. The van der Waals surface area contributed by atoms with E-state index < -0.39 is 6.29 Å². The third kappa shape index (κ3) is 7.94. The Morgan fingerprint density at radius 3 is 2.67 bits per heavy atom. The second-order valence-electron chi connectivity index (χ2n) is 2.52. The van der Waals surface area contributed by atoms with Crippen molar-refractivity contribution >= 4 is 0 Å². The van der Waals surface area contributed by atoms with E-state index in [0.29, 0.717) is 32.8 Å². The van der Waals surface area contributed by atoms with Crippen molar-refractivity contribution in [2.24, 2.45) is 5.73 Å². The first-order chi connectivity index (χ1) is 5.81. The second-order valence-corrected chi connectivity index (χ2v) is 2.52. The first kappa shape index (κ1) is 11.8. The molecule has 0 aromatic carbocycles. The fraction of sp³-hybridized carbons (Fsp3) is 1.00. The molecule has 0 heterocycles. The van der Waals surface area contributed by atoms with Crippen molar-refractivity contribution < 1.29 is 14.6 Å². The van der Waals surface area contributed by atoms with Crippen molar-refractivity contribution in [2.45, 2.75) is 26.1 Å². The van der Waals surface area contributed by atoms with Crippen LogP contribution in [0.25, 0.3) is 0 Å². The molecule has 0 fully saturated rings. The Morgan fingerprint density at radius 2 is 2.08 bits per heavy atom. The molecule has 12 heavy (non-hydrogen) atoms. The quantitative estimate of drug-likeness (QED) is 0.407. The lowest BCUT2D eigenvalue weighted by Crippen LogP contribution is -2.17. The molecule has 0 aliphatic carbocycles. The van der Waals surface area contributed by atoms with Crippen molar-refractivity contribution in [3.05, 3.63) is 0 Å². The van der Waals surface area contributed by atoms with Gasteiger partial charge in [-0.1, -0.05) is 6.92 Å². The Balaban J connectivity index is 3.02. The molecule has 1 atom stereocenters. The number of nitrogens with two attached hydrogens (primary N) is 1. The number of hydrogen-bond donors (Lipinski definition) is 2. The number of hydrogen-bond acceptors (Lipinski definition) is 4. The average Bonchev–Trinajstić information content (AvgIpc) is 2.09. The van der Waals surface area contributed by atoms with Gasteiger partial charge in [-0.15, -0.1) is 0 Å². The lowest BCUT2D eigenvalue weighted by Gasteiger charge is -2.10. The number of aliphatic hydroxyl groups excluding tert-OH is 1. The van der Waals surface area contributed by atoms with Crippen LogP contribution in [-0.4, -0.2) is 37.8 Å². The Labute approximate surface area is 73.7 Å². The van der Waals surface area contributed by atoms with E-state index in [-0.39, 0.29) is 0 Å². The minimum atomic E-state index is -0.692. The van der Waals surface area contributed by atoms with Crippen molar-refractivity contribution in [2.75, 3.05) is 26.4 Å². The molecule has 4 nitrogen and oxygen atoms in total. The summed E-state index contributed by atoms with van der Waals surface area (Å²) in [6, 6.07) is 0. The SMILES string of the molecule is CCCOC(O)CCOCCN. The van der Waals surface area contributed by atoms with E-state index in [1.807, 2.05) is 6.92 Å². The smallest absolute Gasteiger partial charge is 0.156 e. The highest BCUT2D eigenvalue weighted by molar-refractivity contribution is 4.41. The molecule has 0 rings (SSSR count). The highest BCUT2D eigenvalue weighted by atomic mass is 16.6. The van der Waals surface area contributed by atoms with Crippen LogP contribution in [0.1, 0.15) is 19.8 Å². The predicted octanol–water partition coefficient (Wildman–Crippen LogP) is 0.0968. The van der Waals surface area contributed by atoms with Crippen molar-refractivity contribution in [3.8, 4) is 0 Å². The zero-order valence-electron chi connectivity index (χ0n) is 7.66. The zero-order valence-corrected chi connectivity index (χ0v) is 7.66. The standard InChI is InChI=1S/C8H19NO3/c1-2-5-12-8(10)3-6-11-7-4-9/h8,10H,2-7,9H2,1H3. The monoisotopic (exact) mass is 177 g/mol. The van der Waals surface area contributed by atoms with Crippen LogP contribution in [-0.2, 0) is 9.47 Å². The molecule has 74 valence electrons. The molecule has 0 bridgehead atoms. The molecule has 0 aliphatic rings. The van der Waals surface area contributed by atoms with Gasteiger partial charge >= 0.3 is 0 Å². The Hall–Kier alpha value is -0.160.